The Balaban J connectivity index is 2.03. The first-order valence-electron chi connectivity index (χ1n) is 8.77. The van der Waals surface area contributed by atoms with Crippen LogP contribution in [0.4, 0.5) is 0 Å². The van der Waals surface area contributed by atoms with Crippen molar-refractivity contribution in [1.82, 2.24) is 15.5 Å². The quantitative estimate of drug-likeness (QED) is 0.545. The van der Waals surface area contributed by atoms with Crippen molar-refractivity contribution in [1.29, 1.82) is 0 Å². The summed E-state index contributed by atoms with van der Waals surface area (Å²) in [5, 5.41) is 7.22. The highest BCUT2D eigenvalue weighted by Crippen LogP contribution is 2.27. The predicted molar refractivity (Wildman–Crippen MR) is 103 cm³/mol. The third-order valence-electron chi connectivity index (χ3n) is 3.86. The molecule has 0 unspecified atom stereocenters. The molecule has 0 aliphatic carbocycles. The van der Waals surface area contributed by atoms with E-state index in [-0.39, 0.29) is 5.91 Å². The zero-order valence-corrected chi connectivity index (χ0v) is 17.1. The number of thioether (sulfide) groups is 1. The molecule has 146 valence electrons. The highest BCUT2D eigenvalue weighted by Gasteiger charge is 2.22. The van der Waals surface area contributed by atoms with E-state index in [1.807, 2.05) is 27.7 Å². The van der Waals surface area contributed by atoms with Crippen LogP contribution >= 0.6 is 11.8 Å². The molecule has 0 fully saturated rings. The number of pyridine rings is 1. The molecule has 0 radical (unpaired) electrons. The van der Waals surface area contributed by atoms with Gasteiger partial charge in [-0.3, -0.25) is 4.79 Å². The van der Waals surface area contributed by atoms with Crippen molar-refractivity contribution in [2.75, 3.05) is 6.54 Å². The summed E-state index contributed by atoms with van der Waals surface area (Å²) in [6.07, 6.45) is 0.738. The van der Waals surface area contributed by atoms with Crippen LogP contribution < -0.4 is 5.32 Å². The topological polar surface area (TPSA) is 94.3 Å². The molecule has 2 heterocycles. The fourth-order valence-electron chi connectivity index (χ4n) is 2.24. The number of amides is 1. The molecule has 2 aromatic rings. The smallest absolute Gasteiger partial charge is 0.341 e. The Hall–Kier alpha value is -2.35. The van der Waals surface area contributed by atoms with Gasteiger partial charge in [-0.15, -0.1) is 11.8 Å². The molecule has 2 aromatic heterocycles. The van der Waals surface area contributed by atoms with Crippen LogP contribution in [0.1, 0.15) is 48.1 Å². The maximum absolute atomic E-state index is 12.5. The molecule has 0 saturated heterocycles. The van der Waals surface area contributed by atoms with E-state index in [9.17, 15) is 9.59 Å². The second kappa shape index (κ2) is 9.55. The number of aromatic nitrogens is 2. The van der Waals surface area contributed by atoms with E-state index in [4.69, 9.17) is 9.26 Å². The van der Waals surface area contributed by atoms with Gasteiger partial charge in [-0.25, -0.2) is 9.78 Å². The number of carbonyl (C=O) groups excluding carboxylic acids is 2. The summed E-state index contributed by atoms with van der Waals surface area (Å²) in [5.41, 5.74) is 2.12. The van der Waals surface area contributed by atoms with Crippen LogP contribution in [0.2, 0.25) is 0 Å². The van der Waals surface area contributed by atoms with Crippen molar-refractivity contribution in [2.24, 2.45) is 5.92 Å². The molecule has 0 aliphatic rings. The van der Waals surface area contributed by atoms with E-state index >= 15 is 0 Å². The van der Waals surface area contributed by atoms with E-state index in [0.717, 1.165) is 17.0 Å². The molecule has 0 spiro atoms. The van der Waals surface area contributed by atoms with Gasteiger partial charge in [0.25, 0.3) is 5.91 Å². The lowest BCUT2D eigenvalue weighted by Gasteiger charge is -2.15. The van der Waals surface area contributed by atoms with Gasteiger partial charge >= 0.3 is 5.97 Å². The largest absolute Gasteiger partial charge is 0.449 e. The van der Waals surface area contributed by atoms with E-state index < -0.39 is 12.1 Å². The lowest BCUT2D eigenvalue weighted by Crippen LogP contribution is -2.37. The van der Waals surface area contributed by atoms with Crippen LogP contribution in [0.3, 0.4) is 0 Å². The summed E-state index contributed by atoms with van der Waals surface area (Å²) in [6.45, 7) is 9.80. The van der Waals surface area contributed by atoms with Crippen LogP contribution in [-0.4, -0.2) is 34.7 Å². The average molecular weight is 391 g/mol. The molecule has 0 aliphatic heterocycles. The van der Waals surface area contributed by atoms with Gasteiger partial charge in [-0.1, -0.05) is 19.0 Å². The summed E-state index contributed by atoms with van der Waals surface area (Å²) in [5.74, 6) is 0.753. The zero-order valence-electron chi connectivity index (χ0n) is 16.2. The lowest BCUT2D eigenvalue weighted by molar-refractivity contribution is -0.129. The highest BCUT2D eigenvalue weighted by molar-refractivity contribution is 7.98. The molecule has 8 heteroatoms. The summed E-state index contributed by atoms with van der Waals surface area (Å²) < 4.78 is 10.5. The Kier molecular flexibility index (Phi) is 7.41. The highest BCUT2D eigenvalue weighted by atomic mass is 32.2. The average Bonchev–Trinajstić information content (AvgIpc) is 2.95. The van der Waals surface area contributed by atoms with E-state index in [2.05, 4.69) is 15.5 Å². The van der Waals surface area contributed by atoms with Crippen molar-refractivity contribution in [2.45, 2.75) is 51.5 Å². The van der Waals surface area contributed by atoms with Crippen molar-refractivity contribution in [3.05, 3.63) is 40.9 Å². The number of carbonyl (C=O) groups is 2. The molecule has 0 bridgehead atoms. The number of aryl methyl sites for hydroxylation is 2. The number of nitrogens with zero attached hydrogens (tertiary/aromatic N) is 2. The Labute approximate surface area is 163 Å². The minimum absolute atomic E-state index is 0.314. The van der Waals surface area contributed by atoms with Gasteiger partial charge in [0.05, 0.1) is 11.3 Å². The molecule has 0 saturated carbocycles. The van der Waals surface area contributed by atoms with E-state index in [1.54, 1.807) is 25.3 Å². The Bertz CT molecular complexity index is 785. The van der Waals surface area contributed by atoms with Gasteiger partial charge in [-0.05, 0) is 38.8 Å². The SMILES string of the molecule is Cc1noc(C)c1CSc1ncccc1C(=O)O[C@@H](C)C(=O)NCC(C)C. The maximum atomic E-state index is 12.5. The molecular formula is C19H25N3O4S. The van der Waals surface area contributed by atoms with Crippen LogP contribution in [0, 0.1) is 19.8 Å². The monoisotopic (exact) mass is 391 g/mol. The maximum Gasteiger partial charge on any atom is 0.341 e. The van der Waals surface area contributed by atoms with Gasteiger partial charge in [-0.2, -0.15) is 0 Å². The summed E-state index contributed by atoms with van der Waals surface area (Å²) >= 11 is 1.40. The molecule has 2 rings (SSSR count). The lowest BCUT2D eigenvalue weighted by atomic mass is 10.2. The second-order valence-electron chi connectivity index (χ2n) is 6.63. The molecule has 1 N–H and O–H groups in total. The van der Waals surface area contributed by atoms with Crippen LogP contribution in [-0.2, 0) is 15.3 Å². The second-order valence-corrected chi connectivity index (χ2v) is 7.60. The Morgan fingerprint density at radius 1 is 1.30 bits per heavy atom. The molecule has 27 heavy (non-hydrogen) atoms. The zero-order chi connectivity index (χ0) is 20.0. The molecular weight excluding hydrogens is 366 g/mol. The number of hydrogen-bond acceptors (Lipinski definition) is 7. The normalized spacial score (nSPS) is 12.1. The third-order valence-corrected chi connectivity index (χ3v) is 4.89. The van der Waals surface area contributed by atoms with Gasteiger partial charge in [0, 0.05) is 24.1 Å². The van der Waals surface area contributed by atoms with Crippen molar-refractivity contribution in [3.8, 4) is 0 Å². The fourth-order valence-corrected chi connectivity index (χ4v) is 3.37. The minimum Gasteiger partial charge on any atom is -0.449 e. The number of esters is 1. The minimum atomic E-state index is -0.878. The fraction of sp³-hybridized carbons (Fsp3) is 0.474. The van der Waals surface area contributed by atoms with Crippen LogP contribution in [0.25, 0.3) is 0 Å². The third kappa shape index (κ3) is 5.82. The van der Waals surface area contributed by atoms with Gasteiger partial charge in [0.2, 0.25) is 0 Å². The Morgan fingerprint density at radius 3 is 2.67 bits per heavy atom. The number of ether oxygens (including phenoxy) is 1. The molecule has 1 atom stereocenters. The summed E-state index contributed by atoms with van der Waals surface area (Å²) in [6, 6.07) is 3.31. The van der Waals surface area contributed by atoms with Gasteiger partial charge in [0.15, 0.2) is 6.10 Å². The number of hydrogen-bond donors (Lipinski definition) is 1. The van der Waals surface area contributed by atoms with Gasteiger partial charge < -0.3 is 14.6 Å². The first-order chi connectivity index (χ1) is 12.8. The number of nitrogens with one attached hydrogen (secondary N) is 1. The molecule has 1 amide bonds. The van der Waals surface area contributed by atoms with Crippen molar-refractivity contribution in [3.63, 3.8) is 0 Å². The Morgan fingerprint density at radius 2 is 2.04 bits per heavy atom. The predicted octanol–water partition coefficient (Wildman–Crippen LogP) is 3.30. The van der Waals surface area contributed by atoms with Gasteiger partial charge in [0.1, 0.15) is 10.8 Å². The van der Waals surface area contributed by atoms with Crippen LogP contribution in [0.5, 0.6) is 0 Å². The molecule has 0 aromatic carbocycles. The van der Waals surface area contributed by atoms with Crippen molar-refractivity contribution < 1.29 is 18.8 Å². The van der Waals surface area contributed by atoms with E-state index in [1.165, 1.54) is 11.8 Å². The van der Waals surface area contributed by atoms with Crippen LogP contribution in [0.15, 0.2) is 27.9 Å². The number of rotatable bonds is 8. The summed E-state index contributed by atoms with van der Waals surface area (Å²) in [7, 11) is 0. The van der Waals surface area contributed by atoms with E-state index in [0.29, 0.717) is 28.8 Å². The molecule has 7 nitrogen and oxygen atoms in total. The standard InChI is InChI=1S/C19H25N3O4S/c1-11(2)9-21-17(23)14(5)25-19(24)15-7-6-8-20-18(15)27-10-16-12(3)22-26-13(16)4/h6-8,11,14H,9-10H2,1-5H3,(H,21,23)/t14-/m0/s1. The first-order valence-corrected chi connectivity index (χ1v) is 9.76. The summed E-state index contributed by atoms with van der Waals surface area (Å²) in [4.78, 5) is 28.8. The first kappa shape index (κ1) is 21.0. The van der Waals surface area contributed by atoms with Crippen molar-refractivity contribution >= 4 is 23.6 Å².